The van der Waals surface area contributed by atoms with E-state index in [2.05, 4.69) is 53.0 Å². The third-order valence-corrected chi connectivity index (χ3v) is 7.20. The molecule has 4 N–H and O–H groups in total. The molecular formula is C35H36N4O4. The largest absolute Gasteiger partial charge is 0.457 e. The summed E-state index contributed by atoms with van der Waals surface area (Å²) >= 11 is 0. The van der Waals surface area contributed by atoms with Crippen LogP contribution < -0.4 is 26.2 Å². The number of amides is 1. The maximum absolute atomic E-state index is 12.8. The van der Waals surface area contributed by atoms with Gasteiger partial charge in [0.1, 0.15) is 18.2 Å². The Morgan fingerprint density at radius 1 is 0.884 bits per heavy atom. The molecule has 0 fully saturated rings. The minimum absolute atomic E-state index is 0.0516. The normalized spacial score (nSPS) is 11.6. The van der Waals surface area contributed by atoms with E-state index in [1.165, 1.54) is 11.1 Å². The van der Waals surface area contributed by atoms with Crippen LogP contribution in [-0.2, 0) is 16.1 Å². The number of benzene rings is 4. The van der Waals surface area contributed by atoms with Crippen LogP contribution in [0.25, 0.3) is 10.8 Å². The van der Waals surface area contributed by atoms with Crippen molar-refractivity contribution in [2.75, 3.05) is 30.5 Å². The molecule has 5 rings (SSSR count). The van der Waals surface area contributed by atoms with Gasteiger partial charge in [-0.1, -0.05) is 55.5 Å². The predicted molar refractivity (Wildman–Crippen MR) is 172 cm³/mol. The molecule has 1 heterocycles. The molecule has 0 saturated heterocycles. The maximum Gasteiger partial charge on any atom is 0.255 e. The first kappa shape index (κ1) is 29.4. The first-order chi connectivity index (χ1) is 21.0. The Morgan fingerprint density at radius 2 is 1.65 bits per heavy atom. The van der Waals surface area contributed by atoms with Gasteiger partial charge in [-0.25, -0.2) is 0 Å². The average Bonchev–Trinajstić information content (AvgIpc) is 3.03. The van der Waals surface area contributed by atoms with Gasteiger partial charge in [0.15, 0.2) is 0 Å². The minimum Gasteiger partial charge on any atom is -0.457 e. The molecule has 0 aliphatic rings. The number of aromatic amines is 1. The number of para-hydroxylation sites is 1. The summed E-state index contributed by atoms with van der Waals surface area (Å²) in [7, 11) is 0. The van der Waals surface area contributed by atoms with Crippen LogP contribution in [0.1, 0.15) is 29.5 Å². The van der Waals surface area contributed by atoms with Crippen molar-refractivity contribution in [1.82, 2.24) is 10.3 Å². The van der Waals surface area contributed by atoms with Crippen molar-refractivity contribution in [3.63, 3.8) is 0 Å². The van der Waals surface area contributed by atoms with E-state index in [0.717, 1.165) is 16.6 Å². The van der Waals surface area contributed by atoms with Crippen molar-refractivity contribution in [2.24, 2.45) is 0 Å². The minimum atomic E-state index is -0.195. The lowest BCUT2D eigenvalue weighted by atomic mass is 9.97. The molecule has 43 heavy (non-hydrogen) atoms. The Bertz CT molecular complexity index is 1740. The topological polar surface area (TPSA) is 104 Å². The summed E-state index contributed by atoms with van der Waals surface area (Å²) in [5, 5.41) is 10.8. The quantitative estimate of drug-likeness (QED) is 0.0937. The zero-order valence-electron chi connectivity index (χ0n) is 24.4. The molecule has 1 aromatic heterocycles. The van der Waals surface area contributed by atoms with Crippen molar-refractivity contribution >= 4 is 28.1 Å². The number of ether oxygens (including phenoxy) is 2. The monoisotopic (exact) mass is 576 g/mol. The number of hydrogen-bond donors (Lipinski definition) is 4. The van der Waals surface area contributed by atoms with Gasteiger partial charge >= 0.3 is 0 Å². The second-order valence-electron chi connectivity index (χ2n) is 10.4. The molecule has 0 spiro atoms. The molecule has 0 aliphatic heterocycles. The van der Waals surface area contributed by atoms with Gasteiger partial charge in [-0.3, -0.25) is 9.59 Å². The van der Waals surface area contributed by atoms with Gasteiger partial charge in [-0.2, -0.15) is 0 Å². The van der Waals surface area contributed by atoms with E-state index in [1.807, 2.05) is 72.8 Å². The second kappa shape index (κ2) is 14.2. The molecule has 0 aliphatic carbocycles. The zero-order valence-corrected chi connectivity index (χ0v) is 24.4. The third kappa shape index (κ3) is 8.02. The maximum atomic E-state index is 12.8. The lowest BCUT2D eigenvalue weighted by Crippen LogP contribution is -2.29. The second-order valence-corrected chi connectivity index (χ2v) is 10.4. The van der Waals surface area contributed by atoms with E-state index in [9.17, 15) is 9.59 Å². The molecule has 0 bridgehead atoms. The number of anilines is 2. The first-order valence-corrected chi connectivity index (χ1v) is 14.3. The van der Waals surface area contributed by atoms with E-state index in [0.29, 0.717) is 35.9 Å². The van der Waals surface area contributed by atoms with Crippen molar-refractivity contribution in [1.29, 1.82) is 0 Å². The number of aromatic nitrogens is 1. The summed E-state index contributed by atoms with van der Waals surface area (Å²) in [6.07, 6.45) is 1.62. The molecule has 0 unspecified atom stereocenters. The Hall–Kier alpha value is -5.08. The molecule has 8 nitrogen and oxygen atoms in total. The summed E-state index contributed by atoms with van der Waals surface area (Å²) in [6, 6.07) is 30.9. The van der Waals surface area contributed by atoms with E-state index in [-0.39, 0.29) is 30.5 Å². The van der Waals surface area contributed by atoms with Gasteiger partial charge < -0.3 is 30.4 Å². The fourth-order valence-corrected chi connectivity index (χ4v) is 4.87. The Morgan fingerprint density at radius 3 is 2.49 bits per heavy atom. The van der Waals surface area contributed by atoms with Crippen molar-refractivity contribution in [3.8, 4) is 11.5 Å². The Labute approximate surface area is 251 Å². The molecule has 5 aromatic rings. The lowest BCUT2D eigenvalue weighted by molar-refractivity contribution is -0.119. The fraction of sp³-hybridized carbons (Fsp3) is 0.200. The van der Waals surface area contributed by atoms with Crippen molar-refractivity contribution in [3.05, 3.63) is 130 Å². The molecule has 1 amide bonds. The van der Waals surface area contributed by atoms with Crippen LogP contribution in [0.2, 0.25) is 0 Å². The molecule has 220 valence electrons. The standard InChI is InChI=1S/C35H36N4O4/c1-24-8-6-7-11-31(24)25(2)22-42-23-39-28-14-15-33(43-30-9-4-3-5-10-30)27(18-28)20-38-34(40)21-37-29-13-12-26-16-17-36-35(41)32(26)19-29/h3-19,25,37,39H,20-23H2,1-2H3,(H,36,41)(H,38,40)/t25-/m0/s1. The van der Waals surface area contributed by atoms with Gasteiger partial charge in [0.25, 0.3) is 5.56 Å². The average molecular weight is 577 g/mol. The van der Waals surface area contributed by atoms with E-state index in [4.69, 9.17) is 9.47 Å². The van der Waals surface area contributed by atoms with E-state index in [1.54, 1.807) is 12.3 Å². The highest BCUT2D eigenvalue weighted by atomic mass is 16.5. The van der Waals surface area contributed by atoms with Crippen LogP contribution in [0.4, 0.5) is 11.4 Å². The van der Waals surface area contributed by atoms with Crippen LogP contribution in [-0.4, -0.2) is 30.8 Å². The fourth-order valence-electron chi connectivity index (χ4n) is 4.87. The van der Waals surface area contributed by atoms with Gasteiger partial charge in [-0.05, 0) is 72.0 Å². The number of rotatable bonds is 13. The van der Waals surface area contributed by atoms with Gasteiger partial charge in [0.2, 0.25) is 5.91 Å². The molecule has 0 radical (unpaired) electrons. The molecule has 8 heteroatoms. The predicted octanol–water partition coefficient (Wildman–Crippen LogP) is 6.55. The molecule has 1 atom stereocenters. The lowest BCUT2D eigenvalue weighted by Gasteiger charge is -2.17. The van der Waals surface area contributed by atoms with Crippen LogP contribution in [0.15, 0.2) is 108 Å². The van der Waals surface area contributed by atoms with Crippen LogP contribution in [0.3, 0.4) is 0 Å². The Balaban J connectivity index is 1.19. The highest BCUT2D eigenvalue weighted by Gasteiger charge is 2.11. The zero-order chi connectivity index (χ0) is 30.0. The van der Waals surface area contributed by atoms with Crippen molar-refractivity contribution in [2.45, 2.75) is 26.3 Å². The van der Waals surface area contributed by atoms with Crippen LogP contribution in [0.5, 0.6) is 11.5 Å². The number of pyridine rings is 1. The number of H-pyrrole nitrogens is 1. The summed E-state index contributed by atoms with van der Waals surface area (Å²) in [5.41, 5.74) is 4.73. The summed E-state index contributed by atoms with van der Waals surface area (Å²) < 4.78 is 12.1. The summed E-state index contributed by atoms with van der Waals surface area (Å²) in [6.45, 7) is 5.53. The molecule has 4 aromatic carbocycles. The van der Waals surface area contributed by atoms with Crippen LogP contribution >= 0.6 is 0 Å². The van der Waals surface area contributed by atoms with Gasteiger partial charge in [-0.15, -0.1) is 0 Å². The number of fused-ring (bicyclic) bond motifs is 1. The van der Waals surface area contributed by atoms with E-state index >= 15 is 0 Å². The first-order valence-electron chi connectivity index (χ1n) is 14.3. The SMILES string of the molecule is Cc1ccccc1[C@@H](C)COCNc1ccc(Oc2ccccc2)c(CNC(=O)CNc2ccc3cc[nH]c(=O)c3c2)c1. The van der Waals surface area contributed by atoms with Gasteiger partial charge in [0.05, 0.1) is 13.2 Å². The number of carbonyl (C=O) groups is 1. The number of aryl methyl sites for hydroxylation is 1. The number of carbonyl (C=O) groups excluding carboxylic acids is 1. The highest BCUT2D eigenvalue weighted by Crippen LogP contribution is 2.28. The highest BCUT2D eigenvalue weighted by molar-refractivity contribution is 5.86. The van der Waals surface area contributed by atoms with Crippen LogP contribution in [0, 0.1) is 6.92 Å². The Kier molecular flexibility index (Phi) is 9.71. The van der Waals surface area contributed by atoms with Gasteiger partial charge in [0, 0.05) is 41.0 Å². The molecule has 0 saturated carbocycles. The summed E-state index contributed by atoms with van der Waals surface area (Å²) in [4.78, 5) is 27.6. The smallest absolute Gasteiger partial charge is 0.255 e. The van der Waals surface area contributed by atoms with Crippen molar-refractivity contribution < 1.29 is 14.3 Å². The number of hydrogen-bond acceptors (Lipinski definition) is 6. The number of nitrogens with one attached hydrogen (secondary N) is 4. The molecular weight excluding hydrogens is 540 g/mol. The summed E-state index contributed by atoms with van der Waals surface area (Å²) in [5.74, 6) is 1.43. The van der Waals surface area contributed by atoms with E-state index < -0.39 is 0 Å². The third-order valence-electron chi connectivity index (χ3n) is 7.20.